The molecular weight excluding hydrogens is 592 g/mol. The van der Waals surface area contributed by atoms with Crippen molar-refractivity contribution in [3.8, 4) is 0 Å². The number of alkyl halides is 3. The highest BCUT2D eigenvalue weighted by Gasteiger charge is 2.37. The van der Waals surface area contributed by atoms with Gasteiger partial charge in [-0.15, -0.1) is 0 Å². The van der Waals surface area contributed by atoms with E-state index in [1.807, 2.05) is 18.7 Å². The van der Waals surface area contributed by atoms with Crippen molar-refractivity contribution in [2.24, 2.45) is 0 Å². The molecule has 2 aliphatic heterocycles. The minimum absolute atomic E-state index is 0.0595. The molecule has 0 saturated carbocycles. The molecule has 0 aliphatic carbocycles. The van der Waals surface area contributed by atoms with Crippen LogP contribution in [0.1, 0.15) is 49.4 Å². The van der Waals surface area contributed by atoms with Crippen LogP contribution in [0.5, 0.6) is 0 Å². The topological polar surface area (TPSA) is 65.1 Å². The maximum absolute atomic E-state index is 13.9. The second kappa shape index (κ2) is 13.8. The third-order valence-corrected chi connectivity index (χ3v) is 8.65. The van der Waals surface area contributed by atoms with Crippen molar-refractivity contribution < 1.29 is 27.5 Å². The molecule has 2 aliphatic rings. The molecule has 2 heterocycles. The van der Waals surface area contributed by atoms with Crippen LogP contribution in [0.2, 0.25) is 10.0 Å². The van der Waals surface area contributed by atoms with Gasteiger partial charge in [-0.05, 0) is 61.7 Å². The number of nitrogens with one attached hydrogen (secondary N) is 1. The largest absolute Gasteiger partial charge is 0.416 e. The van der Waals surface area contributed by atoms with Gasteiger partial charge in [-0.25, -0.2) is 0 Å². The van der Waals surface area contributed by atoms with Crippen molar-refractivity contribution >= 4 is 40.7 Å². The van der Waals surface area contributed by atoms with E-state index in [0.717, 1.165) is 11.6 Å². The molecule has 2 amide bonds. The normalized spacial score (nSPS) is 18.4. The number of piperazine rings is 1. The number of halogens is 5. The van der Waals surface area contributed by atoms with Crippen molar-refractivity contribution in [2.75, 3.05) is 51.3 Å². The minimum Gasteiger partial charge on any atom is -0.380 e. The number of carbonyl (C=O) groups excluding carboxylic acids is 2. The van der Waals surface area contributed by atoms with Gasteiger partial charge in [-0.2, -0.15) is 13.2 Å². The molecule has 3 atom stereocenters. The average Bonchev–Trinajstić information content (AvgIpc) is 3.39. The molecule has 2 fully saturated rings. The molecule has 0 radical (unpaired) electrons. The lowest BCUT2D eigenvalue weighted by Crippen LogP contribution is -2.56. The first-order valence-corrected chi connectivity index (χ1v) is 14.9. The molecule has 2 aromatic carbocycles. The quantitative estimate of drug-likeness (QED) is 0.372. The number of anilines is 1. The molecular formula is C30H37Cl2F3N4O3. The first-order chi connectivity index (χ1) is 19.9. The van der Waals surface area contributed by atoms with E-state index in [1.54, 1.807) is 35.1 Å². The van der Waals surface area contributed by atoms with E-state index < -0.39 is 17.8 Å². The number of carbonyl (C=O) groups is 2. The van der Waals surface area contributed by atoms with Gasteiger partial charge >= 0.3 is 6.18 Å². The number of methoxy groups -OCH3 is 1. The summed E-state index contributed by atoms with van der Waals surface area (Å²) in [7, 11) is 1.59. The maximum Gasteiger partial charge on any atom is 0.416 e. The van der Waals surface area contributed by atoms with Crippen LogP contribution in [0.3, 0.4) is 0 Å². The van der Waals surface area contributed by atoms with Crippen molar-refractivity contribution in [1.29, 1.82) is 0 Å². The predicted octanol–water partition coefficient (Wildman–Crippen LogP) is 5.58. The second-order valence-corrected chi connectivity index (χ2v) is 11.7. The zero-order chi connectivity index (χ0) is 30.6. The minimum atomic E-state index is -4.47. The number of rotatable bonds is 10. The van der Waals surface area contributed by atoms with Crippen LogP contribution in [0.15, 0.2) is 36.4 Å². The summed E-state index contributed by atoms with van der Waals surface area (Å²) >= 11 is 12.5. The number of nitrogens with zero attached hydrogens (tertiary/aromatic N) is 3. The summed E-state index contributed by atoms with van der Waals surface area (Å²) in [6.45, 7) is 6.31. The number of amides is 2. The Morgan fingerprint density at radius 1 is 1.05 bits per heavy atom. The molecule has 12 heteroatoms. The molecule has 2 aromatic rings. The van der Waals surface area contributed by atoms with Crippen LogP contribution < -0.4 is 10.2 Å². The summed E-state index contributed by atoms with van der Waals surface area (Å²) in [5.74, 6) is -0.220. The van der Waals surface area contributed by atoms with Gasteiger partial charge < -0.3 is 24.8 Å². The summed E-state index contributed by atoms with van der Waals surface area (Å²) in [6, 6.07) is 7.87. The van der Waals surface area contributed by atoms with Gasteiger partial charge in [0.15, 0.2) is 0 Å². The summed E-state index contributed by atoms with van der Waals surface area (Å²) in [4.78, 5) is 31.9. The highest BCUT2D eigenvalue weighted by atomic mass is 35.5. The fourth-order valence-electron chi connectivity index (χ4n) is 5.51. The monoisotopic (exact) mass is 628 g/mol. The number of hydrogen-bond donors (Lipinski definition) is 1. The van der Waals surface area contributed by atoms with Crippen LogP contribution in [0, 0.1) is 0 Å². The van der Waals surface area contributed by atoms with Gasteiger partial charge in [0, 0.05) is 81.0 Å². The number of benzene rings is 2. The second-order valence-electron chi connectivity index (χ2n) is 10.9. The van der Waals surface area contributed by atoms with Crippen molar-refractivity contribution in [2.45, 2.75) is 57.5 Å². The predicted molar refractivity (Wildman–Crippen MR) is 158 cm³/mol. The fourth-order valence-corrected chi connectivity index (χ4v) is 5.99. The van der Waals surface area contributed by atoms with Gasteiger partial charge in [-0.3, -0.25) is 9.59 Å². The molecule has 230 valence electrons. The van der Waals surface area contributed by atoms with Gasteiger partial charge in [0.05, 0.1) is 11.7 Å². The third kappa shape index (κ3) is 7.70. The van der Waals surface area contributed by atoms with Gasteiger partial charge in [0.2, 0.25) is 11.8 Å². The van der Waals surface area contributed by atoms with E-state index in [-0.39, 0.29) is 30.4 Å². The van der Waals surface area contributed by atoms with Crippen molar-refractivity contribution in [3.63, 3.8) is 0 Å². The Morgan fingerprint density at radius 3 is 2.36 bits per heavy atom. The van der Waals surface area contributed by atoms with E-state index in [9.17, 15) is 22.8 Å². The number of hydrogen-bond acceptors (Lipinski definition) is 5. The highest BCUT2D eigenvalue weighted by molar-refractivity contribution is 6.35. The molecule has 0 bridgehead atoms. The smallest absolute Gasteiger partial charge is 0.380 e. The fraction of sp³-hybridized carbons (Fsp3) is 0.533. The van der Waals surface area contributed by atoms with Crippen molar-refractivity contribution in [3.05, 3.63) is 63.1 Å². The van der Waals surface area contributed by atoms with Crippen LogP contribution in [0.4, 0.5) is 18.9 Å². The van der Waals surface area contributed by atoms with Crippen molar-refractivity contribution in [1.82, 2.24) is 15.1 Å². The van der Waals surface area contributed by atoms with Gasteiger partial charge in [0.25, 0.3) is 0 Å². The van der Waals surface area contributed by atoms with Crippen LogP contribution in [0.25, 0.3) is 0 Å². The summed E-state index contributed by atoms with van der Waals surface area (Å²) < 4.78 is 46.1. The van der Waals surface area contributed by atoms with E-state index in [2.05, 4.69) is 5.32 Å². The Morgan fingerprint density at radius 2 is 1.76 bits per heavy atom. The van der Waals surface area contributed by atoms with Crippen LogP contribution in [-0.2, 0) is 26.9 Å². The third-order valence-electron chi connectivity index (χ3n) is 8.07. The Labute approximate surface area is 254 Å². The lowest BCUT2D eigenvalue weighted by molar-refractivity contribution is -0.143. The Bertz CT molecular complexity index is 1270. The van der Waals surface area contributed by atoms with Crippen LogP contribution >= 0.6 is 23.2 Å². The summed E-state index contributed by atoms with van der Waals surface area (Å²) in [5, 5.41) is 4.20. The molecule has 42 heavy (non-hydrogen) atoms. The first-order valence-electron chi connectivity index (χ1n) is 14.1. The maximum atomic E-state index is 13.9. The lowest BCUT2D eigenvalue weighted by atomic mass is 10.00. The summed E-state index contributed by atoms with van der Waals surface area (Å²) in [5.41, 5.74) is 1.25. The van der Waals surface area contributed by atoms with E-state index in [1.165, 1.54) is 12.1 Å². The Balaban J connectivity index is 1.52. The SMILES string of the molecule is COC(C)CNC(C)c1cc(C(F)(F)F)ccc1N1CCN(C(=O)C(Cc2ccc(Cl)cc2Cl)N2CCCC2=O)CC1. The first kappa shape index (κ1) is 32.4. The Hall–Kier alpha value is -2.53. The molecule has 1 N–H and O–H groups in total. The molecule has 7 nitrogen and oxygen atoms in total. The summed E-state index contributed by atoms with van der Waals surface area (Å²) in [6.07, 6.45) is -3.20. The molecule has 3 unspecified atom stereocenters. The number of ether oxygens (including phenoxy) is 1. The lowest BCUT2D eigenvalue weighted by Gasteiger charge is -2.40. The number of likely N-dealkylation sites (tertiary alicyclic amines) is 1. The molecule has 4 rings (SSSR count). The Kier molecular flexibility index (Phi) is 10.7. The zero-order valence-corrected chi connectivity index (χ0v) is 25.5. The van der Waals surface area contributed by atoms with Gasteiger partial charge in [0.1, 0.15) is 6.04 Å². The molecule has 0 spiro atoms. The van der Waals surface area contributed by atoms with Crippen LogP contribution in [-0.4, -0.2) is 80.1 Å². The standard InChI is InChI=1S/C30H37Cl2F3N4O3/c1-19(42-3)18-36-20(2)24-16-22(30(33,34)35)7-9-26(24)37-11-13-38(14-12-37)29(41)27(39-10-4-5-28(39)40)15-21-6-8-23(31)17-25(21)32/h6-9,16-17,19-20,27,36H,4-5,10-15,18H2,1-3H3. The van der Waals surface area contributed by atoms with E-state index in [4.69, 9.17) is 27.9 Å². The van der Waals surface area contributed by atoms with E-state index in [0.29, 0.717) is 73.4 Å². The molecule has 0 aromatic heterocycles. The zero-order valence-electron chi connectivity index (χ0n) is 24.0. The highest BCUT2D eigenvalue weighted by Crippen LogP contribution is 2.36. The van der Waals surface area contributed by atoms with E-state index >= 15 is 0 Å². The molecule has 2 saturated heterocycles. The average molecular weight is 630 g/mol. The van der Waals surface area contributed by atoms with Gasteiger partial charge in [-0.1, -0.05) is 29.3 Å².